The number of rotatable bonds is 12. The molecule has 101 heavy (non-hydrogen) atoms. The summed E-state index contributed by atoms with van der Waals surface area (Å²) in [4.78, 5) is 63.4. The normalized spacial score (nSPS) is 21.5. The molecule has 22 heteroatoms. The number of ketones is 1. The third-order valence-electron chi connectivity index (χ3n) is 20.2. The third-order valence-corrected chi connectivity index (χ3v) is 22.6. The molecule has 1 aliphatic carbocycles. The topological polar surface area (TPSA) is 170 Å². The Bertz CT molecular complexity index is 5130. The van der Waals surface area contributed by atoms with Crippen molar-refractivity contribution in [1.29, 1.82) is 0 Å². The number of nitrogens with one attached hydrogen (secondary N) is 1. The van der Waals surface area contributed by atoms with Gasteiger partial charge in [0.1, 0.15) is 18.1 Å². The van der Waals surface area contributed by atoms with Crippen molar-refractivity contribution in [3.05, 3.63) is 262 Å². The second-order valence-electron chi connectivity index (χ2n) is 27.0. The van der Waals surface area contributed by atoms with E-state index in [1.54, 1.807) is 35.0 Å². The lowest BCUT2D eigenvalue weighted by Crippen LogP contribution is -2.74. The van der Waals surface area contributed by atoms with Crippen molar-refractivity contribution in [3.63, 3.8) is 0 Å². The van der Waals surface area contributed by atoms with Crippen LogP contribution in [0.2, 0.25) is 15.1 Å². The van der Waals surface area contributed by atoms with Crippen LogP contribution >= 0.6 is 62.1 Å². The van der Waals surface area contributed by atoms with E-state index in [0.717, 1.165) is 83.7 Å². The van der Waals surface area contributed by atoms with Crippen LogP contribution in [0.25, 0.3) is 45.0 Å². The molecular formula is C79H78BrCl3N11O6S+. The van der Waals surface area contributed by atoms with E-state index in [4.69, 9.17) is 44.9 Å². The predicted molar refractivity (Wildman–Crippen MR) is 409 cm³/mol. The summed E-state index contributed by atoms with van der Waals surface area (Å²) in [6.45, 7) is 19.6. The molecule has 10 aromatic rings. The first-order valence-electron chi connectivity index (χ1n) is 33.5. The molecule has 17 rings (SSSR count). The van der Waals surface area contributed by atoms with Crippen molar-refractivity contribution in [2.75, 3.05) is 56.9 Å². The van der Waals surface area contributed by atoms with Gasteiger partial charge in [0.2, 0.25) is 11.2 Å². The Morgan fingerprint density at radius 2 is 1.50 bits per heavy atom. The van der Waals surface area contributed by atoms with E-state index in [2.05, 4.69) is 169 Å². The molecule has 6 aromatic carbocycles. The molecule has 518 valence electrons. The average Bonchev–Trinajstić information content (AvgIpc) is 1.64. The van der Waals surface area contributed by atoms with Crippen LogP contribution in [0.5, 0.6) is 0 Å². The average molecular weight is 1500 g/mol. The fourth-order valence-corrected chi connectivity index (χ4v) is 17.2. The molecule has 10 heterocycles. The number of allylic oxidation sites excluding steroid dienone is 6. The van der Waals surface area contributed by atoms with Gasteiger partial charge in [-0.15, -0.1) is 17.9 Å². The number of carbonyl (C=O) groups excluding carboxylic acids is 1. The number of carboxylic acid groups (broad SMARTS) is 2. The fourth-order valence-electron chi connectivity index (χ4n) is 15.5. The number of nitrogens with zero attached hydrogens (tertiary/aromatic N) is 10. The van der Waals surface area contributed by atoms with Crippen LogP contribution in [0.4, 0.5) is 17.1 Å². The maximum atomic E-state index is 13.2. The minimum atomic E-state index is -0.971. The first-order valence-corrected chi connectivity index (χ1v) is 36.3. The molecule has 4 saturated heterocycles. The smallest absolute Gasteiger partial charge is 0.335 e. The van der Waals surface area contributed by atoms with E-state index in [-0.39, 0.29) is 39.6 Å². The van der Waals surface area contributed by atoms with Gasteiger partial charge in [-0.1, -0.05) is 137 Å². The van der Waals surface area contributed by atoms with Crippen LogP contribution in [-0.4, -0.2) is 114 Å². The van der Waals surface area contributed by atoms with Gasteiger partial charge in [-0.05, 0) is 134 Å². The number of Topliss-reactive ketones (excluding diaryl/α,β-unsaturated/α-hetero) is 1. The number of para-hydroxylation sites is 2. The van der Waals surface area contributed by atoms with E-state index < -0.39 is 18.0 Å². The SMILES string of the molecule is C=CCn1c(-c2ccc(Cl)cc2)csc1=Nc1c(C)n(C)n(-c2ccccc2)c1=O.CC[n+]1c(/C=C/C=C2/N(C)c3ccccc3C2(C)C)ccc2c1c1cc(Br)ccc1n2C.O=C(O)c1ccc2c(c1)C1C=CCC1C(C(=O)O)N2.O=C(c1ccc(Cl)c(Cl)c1)C12CN3CN(CN(C3)C1)C2. The number of aromatic nitrogens is 5. The molecule has 0 spiro atoms. The fraction of sp³-hybridized carbons (Fsp3) is 0.266. The lowest BCUT2D eigenvalue weighted by Gasteiger charge is -2.59. The maximum absolute atomic E-state index is 13.2. The first-order chi connectivity index (χ1) is 48.5. The van der Waals surface area contributed by atoms with E-state index >= 15 is 0 Å². The summed E-state index contributed by atoms with van der Waals surface area (Å²) >= 11 is 23.2. The Morgan fingerprint density at radius 3 is 2.16 bits per heavy atom. The van der Waals surface area contributed by atoms with Crippen molar-refractivity contribution in [3.8, 4) is 16.9 Å². The summed E-state index contributed by atoms with van der Waals surface area (Å²) in [6, 6.07) is 46.3. The number of halogens is 4. The summed E-state index contributed by atoms with van der Waals surface area (Å²) < 4.78 is 11.3. The number of aromatic carboxylic acids is 1. The molecular weight excluding hydrogens is 1420 g/mol. The molecule has 4 fully saturated rings. The van der Waals surface area contributed by atoms with Crippen molar-refractivity contribution in [2.24, 2.45) is 30.4 Å². The number of hydrogen-bond donors (Lipinski definition) is 3. The highest BCUT2D eigenvalue weighted by Crippen LogP contribution is 2.48. The number of aliphatic carboxylic acids is 1. The number of benzene rings is 6. The summed E-state index contributed by atoms with van der Waals surface area (Å²) in [5.41, 5.74) is 15.1. The number of aryl methyl sites for hydroxylation is 2. The van der Waals surface area contributed by atoms with Crippen molar-refractivity contribution >= 4 is 125 Å². The van der Waals surface area contributed by atoms with Gasteiger partial charge >= 0.3 is 11.9 Å². The van der Waals surface area contributed by atoms with E-state index in [1.165, 1.54) is 62.0 Å². The Balaban J connectivity index is 0.000000123. The molecule has 3 atom stereocenters. The number of pyridine rings is 1. The maximum Gasteiger partial charge on any atom is 0.335 e. The van der Waals surface area contributed by atoms with Gasteiger partial charge in [0.15, 0.2) is 16.3 Å². The highest BCUT2D eigenvalue weighted by Gasteiger charge is 2.53. The highest BCUT2D eigenvalue weighted by molar-refractivity contribution is 9.10. The molecule has 17 nitrogen and oxygen atoms in total. The van der Waals surface area contributed by atoms with E-state index in [1.807, 2.05) is 96.9 Å². The van der Waals surface area contributed by atoms with Crippen molar-refractivity contribution in [2.45, 2.75) is 64.6 Å². The zero-order chi connectivity index (χ0) is 71.3. The lowest BCUT2D eigenvalue weighted by atomic mass is 9.75. The Hall–Kier alpha value is -8.89. The van der Waals surface area contributed by atoms with Gasteiger partial charge in [0, 0.05) is 114 Å². The van der Waals surface area contributed by atoms with Crippen LogP contribution < -0.4 is 25.1 Å². The molecule has 7 aliphatic rings. The number of hydrogen-bond acceptors (Lipinski definition) is 11. The molecule has 0 saturated carbocycles. The molecule has 0 radical (unpaired) electrons. The van der Waals surface area contributed by atoms with E-state index in [9.17, 15) is 24.3 Å². The Kier molecular flexibility index (Phi) is 20.2. The monoisotopic (exact) mass is 1490 g/mol. The van der Waals surface area contributed by atoms with Gasteiger partial charge in [0.05, 0.1) is 69.0 Å². The number of thiazole rings is 1. The third kappa shape index (κ3) is 13.5. The van der Waals surface area contributed by atoms with Crippen LogP contribution in [0.1, 0.15) is 76.3 Å². The van der Waals surface area contributed by atoms with Crippen LogP contribution in [0.3, 0.4) is 0 Å². The summed E-state index contributed by atoms with van der Waals surface area (Å²) in [5, 5.41) is 26.3. The van der Waals surface area contributed by atoms with Crippen LogP contribution in [0.15, 0.2) is 208 Å². The second kappa shape index (κ2) is 28.9. The largest absolute Gasteiger partial charge is 0.480 e. The molecule has 3 unspecified atom stereocenters. The van der Waals surface area contributed by atoms with Crippen molar-refractivity contribution < 1.29 is 29.2 Å². The molecule has 3 N–H and O–H groups in total. The molecule has 4 bridgehead atoms. The zero-order valence-electron chi connectivity index (χ0n) is 57.1. The summed E-state index contributed by atoms with van der Waals surface area (Å²) in [5.74, 6) is -1.71. The predicted octanol–water partition coefficient (Wildman–Crippen LogP) is 15.7. The minimum absolute atomic E-state index is 0.0116. The first kappa shape index (κ1) is 70.5. The quantitative estimate of drug-likeness (QED) is 0.0604. The van der Waals surface area contributed by atoms with Gasteiger partial charge in [-0.2, -0.15) is 4.57 Å². The van der Waals surface area contributed by atoms with Crippen LogP contribution in [0, 0.1) is 18.3 Å². The highest BCUT2D eigenvalue weighted by atomic mass is 79.9. The molecule has 4 aromatic heterocycles. The Labute approximate surface area is 613 Å². The lowest BCUT2D eigenvalue weighted by molar-refractivity contribution is -0.668. The minimum Gasteiger partial charge on any atom is -0.480 e. The van der Waals surface area contributed by atoms with Gasteiger partial charge < -0.3 is 29.6 Å². The number of fused-ring (bicyclic) bond motifs is 7. The molecule has 6 aliphatic heterocycles. The van der Waals surface area contributed by atoms with E-state index in [0.29, 0.717) is 45.0 Å². The number of carbonyl (C=O) groups is 3. The molecule has 0 amide bonds. The number of anilines is 2. The number of carboxylic acids is 2. The zero-order valence-corrected chi connectivity index (χ0v) is 61.8. The Morgan fingerprint density at radius 1 is 0.812 bits per heavy atom. The van der Waals surface area contributed by atoms with Gasteiger partial charge in [-0.3, -0.25) is 29.0 Å². The van der Waals surface area contributed by atoms with Gasteiger partial charge in [-0.25, -0.2) is 19.3 Å². The summed E-state index contributed by atoms with van der Waals surface area (Å²) in [6.07, 6.45) is 13.2. The van der Waals surface area contributed by atoms with Crippen molar-refractivity contribution in [1.82, 2.24) is 33.2 Å². The standard InChI is InChI=1S/C28H29BrN3.C23H21ClN4OS.C14H15Cl2N3O.C14H13NO4/c1-6-32-20(15-17-25-27(32)21-18-19(29)14-16-23(21)30(25)4)10-9-13-26-28(2,3)22-11-7-8-12-24(22)31(26)5;1-4-14-27-20(17-10-12-18(24)13-11-17)15-30-23(27)25-21-16(2)26(3)28(22(21)29)19-8-6-5-7-9-19;15-11-2-1-10(3-12(11)16)13(20)14-4-17-7-18(5-14)9-19(6-14)8-17;16-13(17)7-4-5-11-10(6-7)8-2-1-3-9(8)12(15-11)14(18)19/h7-18H,6H2,1-5H3;4-13,15H,1,14H2,2-3H3;1-3H,4-9H2;1-2,4-6,8-9,12,15H,3H2,(H,16,17)(H,18,19)/q+1;;;. The van der Waals surface area contributed by atoms with Crippen LogP contribution in [-0.2, 0) is 37.4 Å². The number of likely N-dealkylation sites (N-methyl/N-ethyl adjacent to an activating group) is 1. The second-order valence-corrected chi connectivity index (χ2v) is 30.0. The summed E-state index contributed by atoms with van der Waals surface area (Å²) in [7, 11) is 6.18. The van der Waals surface area contributed by atoms with Gasteiger partial charge in [0.25, 0.3) is 5.56 Å².